The average Bonchev–Trinajstić information content (AvgIpc) is 3.16. The lowest BCUT2D eigenvalue weighted by Gasteiger charge is -2.14. The third-order valence-electron chi connectivity index (χ3n) is 4.06. The Morgan fingerprint density at radius 1 is 1.39 bits per heavy atom. The highest BCUT2D eigenvalue weighted by molar-refractivity contribution is 5.94. The summed E-state index contributed by atoms with van der Waals surface area (Å²) in [6.45, 7) is 2.41. The quantitative estimate of drug-likeness (QED) is 0.472. The maximum absolute atomic E-state index is 11.8. The molecule has 9 nitrogen and oxygen atoms in total. The molecule has 1 aromatic heterocycles. The number of nitrogens with zero attached hydrogens (tertiary/aromatic N) is 4. The molecule has 2 aromatic rings. The van der Waals surface area contributed by atoms with Crippen LogP contribution in [0.15, 0.2) is 53.4 Å². The van der Waals surface area contributed by atoms with Crippen molar-refractivity contribution in [2.75, 3.05) is 43.6 Å². The summed E-state index contributed by atoms with van der Waals surface area (Å²) < 4.78 is 4.96. The second-order valence-corrected chi connectivity index (χ2v) is 5.97. The van der Waals surface area contributed by atoms with Gasteiger partial charge in [-0.1, -0.05) is 0 Å². The Morgan fingerprint density at radius 3 is 2.89 bits per heavy atom. The van der Waals surface area contributed by atoms with Crippen LogP contribution in [-0.2, 0) is 4.74 Å². The molecule has 146 valence electrons. The van der Waals surface area contributed by atoms with Crippen molar-refractivity contribution in [2.45, 2.75) is 0 Å². The molecule has 2 amide bonds. The highest BCUT2D eigenvalue weighted by Crippen LogP contribution is 2.22. The fourth-order valence-electron chi connectivity index (χ4n) is 2.65. The van der Waals surface area contributed by atoms with Gasteiger partial charge in [-0.05, 0) is 30.3 Å². The van der Waals surface area contributed by atoms with E-state index in [0.717, 1.165) is 11.3 Å². The number of anilines is 2. The van der Waals surface area contributed by atoms with Gasteiger partial charge in [-0.15, -0.1) is 0 Å². The molecule has 0 atom stereocenters. The minimum Gasteiger partial charge on any atom is -0.403 e. The van der Waals surface area contributed by atoms with Crippen LogP contribution in [0.4, 0.5) is 16.3 Å². The van der Waals surface area contributed by atoms with Crippen LogP contribution in [-0.4, -0.2) is 55.6 Å². The predicted molar refractivity (Wildman–Crippen MR) is 109 cm³/mol. The fraction of sp³-hybridized carbons (Fsp3) is 0.263. The molecule has 1 aliphatic heterocycles. The molecule has 1 saturated heterocycles. The zero-order valence-electron chi connectivity index (χ0n) is 15.6. The van der Waals surface area contributed by atoms with Crippen LogP contribution >= 0.6 is 0 Å². The van der Waals surface area contributed by atoms with E-state index in [1.54, 1.807) is 30.5 Å². The van der Waals surface area contributed by atoms with E-state index in [1.165, 1.54) is 6.20 Å². The number of amides is 2. The predicted octanol–water partition coefficient (Wildman–Crippen LogP) is 1.60. The average molecular weight is 381 g/mol. The Hall–Kier alpha value is -3.46. The second-order valence-electron chi connectivity index (χ2n) is 5.97. The van der Waals surface area contributed by atoms with Gasteiger partial charge in [-0.2, -0.15) is 0 Å². The van der Waals surface area contributed by atoms with Crippen molar-refractivity contribution >= 4 is 23.8 Å². The number of nitrogens with two attached hydrogens (primary N) is 1. The number of hydrogen-bond donors (Lipinski definition) is 3. The number of aliphatic imine (C=N–C) groups is 1. The molecule has 1 aromatic carbocycles. The van der Waals surface area contributed by atoms with Gasteiger partial charge in [-0.3, -0.25) is 9.89 Å². The van der Waals surface area contributed by atoms with Crippen molar-refractivity contribution in [1.82, 2.24) is 15.3 Å². The maximum atomic E-state index is 11.8. The Morgan fingerprint density at radius 2 is 2.21 bits per heavy atom. The summed E-state index contributed by atoms with van der Waals surface area (Å²) >= 11 is 0. The minimum atomic E-state index is -0.0801. The summed E-state index contributed by atoms with van der Waals surface area (Å²) in [6.07, 6.45) is 4.73. The van der Waals surface area contributed by atoms with Crippen LogP contribution in [0.2, 0.25) is 0 Å². The molecule has 4 N–H and O–H groups in total. The van der Waals surface area contributed by atoms with E-state index in [0.29, 0.717) is 43.6 Å². The summed E-state index contributed by atoms with van der Waals surface area (Å²) in [5, 5.41) is 5.90. The smallest absolute Gasteiger partial charge is 0.321 e. The summed E-state index contributed by atoms with van der Waals surface area (Å²) in [7, 11) is 1.63. The van der Waals surface area contributed by atoms with Gasteiger partial charge in [0.15, 0.2) is 5.82 Å². The molecule has 1 fully saturated rings. The normalized spacial score (nSPS) is 14.5. The molecule has 3 rings (SSSR count). The molecule has 2 heterocycles. The number of ether oxygens (including phenoxy) is 1. The number of rotatable bonds is 8. The van der Waals surface area contributed by atoms with E-state index < -0.39 is 0 Å². The lowest BCUT2D eigenvalue weighted by molar-refractivity contribution is 0.208. The summed E-state index contributed by atoms with van der Waals surface area (Å²) in [6, 6.07) is 9.23. The molecule has 0 aliphatic carbocycles. The van der Waals surface area contributed by atoms with Crippen molar-refractivity contribution in [3.8, 4) is 11.4 Å². The highest BCUT2D eigenvalue weighted by Gasteiger charge is 2.20. The molecule has 9 heteroatoms. The van der Waals surface area contributed by atoms with Crippen LogP contribution in [0.1, 0.15) is 0 Å². The van der Waals surface area contributed by atoms with Gasteiger partial charge in [0.2, 0.25) is 0 Å². The van der Waals surface area contributed by atoms with Crippen molar-refractivity contribution in [3.63, 3.8) is 0 Å². The SMILES string of the molecule is COCCN=CC(=CN)Nc1ccnc(-c2ccc(N3CCNC3=O)cc2)n1. The van der Waals surface area contributed by atoms with Gasteiger partial charge in [0.1, 0.15) is 5.82 Å². The number of aromatic nitrogens is 2. The van der Waals surface area contributed by atoms with Crippen molar-refractivity contribution in [2.24, 2.45) is 10.7 Å². The first kappa shape index (κ1) is 19.3. The molecular weight excluding hydrogens is 358 g/mol. The van der Waals surface area contributed by atoms with E-state index in [2.05, 4.69) is 25.6 Å². The van der Waals surface area contributed by atoms with Crippen LogP contribution in [0, 0.1) is 0 Å². The first-order valence-corrected chi connectivity index (χ1v) is 8.88. The van der Waals surface area contributed by atoms with Crippen molar-refractivity contribution in [1.29, 1.82) is 0 Å². The standard InChI is InChI=1S/C19H23N7O2/c1-28-11-9-21-13-15(12-20)24-17-6-7-22-18(25-17)14-2-4-16(5-3-14)26-10-8-23-19(26)27/h2-7,12-13H,8-11,20H2,1H3,(H,23,27)(H,22,24,25). The Labute approximate surface area is 163 Å². The number of benzene rings is 1. The Bertz CT molecular complexity index is 865. The molecular formula is C19H23N7O2. The van der Waals surface area contributed by atoms with Crippen LogP contribution < -0.4 is 21.3 Å². The van der Waals surface area contributed by atoms with Gasteiger partial charge in [0, 0.05) is 50.1 Å². The summed E-state index contributed by atoms with van der Waals surface area (Å²) in [5.74, 6) is 1.16. The van der Waals surface area contributed by atoms with E-state index >= 15 is 0 Å². The maximum Gasteiger partial charge on any atom is 0.321 e. The topological polar surface area (TPSA) is 118 Å². The number of methoxy groups -OCH3 is 1. The zero-order valence-corrected chi connectivity index (χ0v) is 15.6. The second kappa shape index (κ2) is 9.47. The first-order chi connectivity index (χ1) is 13.7. The molecule has 28 heavy (non-hydrogen) atoms. The van der Waals surface area contributed by atoms with Crippen LogP contribution in [0.5, 0.6) is 0 Å². The lowest BCUT2D eigenvalue weighted by atomic mass is 10.2. The highest BCUT2D eigenvalue weighted by atomic mass is 16.5. The third kappa shape index (κ3) is 4.83. The zero-order chi connectivity index (χ0) is 19.8. The van der Waals surface area contributed by atoms with E-state index in [4.69, 9.17) is 10.5 Å². The number of urea groups is 1. The van der Waals surface area contributed by atoms with Gasteiger partial charge in [0.05, 0.1) is 18.8 Å². The largest absolute Gasteiger partial charge is 0.403 e. The van der Waals surface area contributed by atoms with Crippen LogP contribution in [0.25, 0.3) is 11.4 Å². The molecule has 0 radical (unpaired) electrons. The van der Waals surface area contributed by atoms with Crippen molar-refractivity contribution < 1.29 is 9.53 Å². The fourth-order valence-corrected chi connectivity index (χ4v) is 2.65. The number of carbonyl (C=O) groups excluding carboxylic acids is 1. The number of hydrogen-bond acceptors (Lipinski definition) is 7. The van der Waals surface area contributed by atoms with E-state index in [1.807, 2.05) is 24.3 Å². The minimum absolute atomic E-state index is 0.0801. The molecule has 1 aliphatic rings. The molecule has 0 unspecified atom stereocenters. The molecule has 0 spiro atoms. The van der Waals surface area contributed by atoms with Gasteiger partial charge in [-0.25, -0.2) is 14.8 Å². The van der Waals surface area contributed by atoms with Crippen molar-refractivity contribution in [3.05, 3.63) is 48.4 Å². The summed E-state index contributed by atoms with van der Waals surface area (Å²) in [4.78, 5) is 26.5. The summed E-state index contributed by atoms with van der Waals surface area (Å²) in [5.41, 5.74) is 7.95. The Kier molecular flexibility index (Phi) is 6.53. The van der Waals surface area contributed by atoms with E-state index in [9.17, 15) is 4.79 Å². The van der Waals surface area contributed by atoms with Gasteiger partial charge in [0.25, 0.3) is 0 Å². The lowest BCUT2D eigenvalue weighted by Crippen LogP contribution is -2.27. The van der Waals surface area contributed by atoms with E-state index in [-0.39, 0.29) is 6.03 Å². The van der Waals surface area contributed by atoms with Gasteiger partial charge >= 0.3 is 6.03 Å². The third-order valence-corrected chi connectivity index (χ3v) is 4.06. The Balaban J connectivity index is 1.70. The number of allylic oxidation sites excluding steroid dienone is 1. The monoisotopic (exact) mass is 381 g/mol. The van der Waals surface area contributed by atoms with Gasteiger partial charge < -0.3 is 21.1 Å². The first-order valence-electron chi connectivity index (χ1n) is 8.88. The number of carbonyl (C=O) groups is 1. The number of nitrogens with one attached hydrogen (secondary N) is 2. The van der Waals surface area contributed by atoms with Crippen LogP contribution in [0.3, 0.4) is 0 Å². The molecule has 0 saturated carbocycles. The molecule has 0 bridgehead atoms.